The Kier molecular flexibility index (Phi) is 5.20. The Morgan fingerprint density at radius 2 is 1.88 bits per heavy atom. The van der Waals surface area contributed by atoms with Crippen LogP contribution in [-0.2, 0) is 11.2 Å². The lowest BCUT2D eigenvalue weighted by Crippen LogP contribution is -2.34. The number of carbonyl (C=O) groups excluding carboxylic acids is 1. The molecule has 0 spiro atoms. The maximum absolute atomic E-state index is 11.9. The molecule has 1 unspecified atom stereocenters. The van der Waals surface area contributed by atoms with E-state index in [4.69, 9.17) is 0 Å². The quantitative estimate of drug-likeness (QED) is 0.765. The predicted octanol–water partition coefficient (Wildman–Crippen LogP) is 3.18. The van der Waals surface area contributed by atoms with E-state index in [9.17, 15) is 4.79 Å². The summed E-state index contributed by atoms with van der Waals surface area (Å²) in [7, 11) is 1.89. The van der Waals surface area contributed by atoms with Crippen molar-refractivity contribution >= 4 is 5.91 Å². The number of hydrogen-bond donors (Lipinski definition) is 0. The minimum atomic E-state index is 0.236. The molecule has 2 nitrogen and oxygen atoms in total. The van der Waals surface area contributed by atoms with Crippen molar-refractivity contribution in [2.45, 2.75) is 46.1 Å². The van der Waals surface area contributed by atoms with E-state index in [1.165, 1.54) is 11.1 Å². The molecule has 0 bridgehead atoms. The van der Waals surface area contributed by atoms with Crippen LogP contribution < -0.4 is 0 Å². The third kappa shape index (κ3) is 4.22. The lowest BCUT2D eigenvalue weighted by Gasteiger charge is -2.23. The van der Waals surface area contributed by atoms with Gasteiger partial charge in [0.25, 0.3) is 0 Å². The first-order valence-electron chi connectivity index (χ1n) is 6.35. The average Bonchev–Trinajstić information content (AvgIpc) is 2.35. The van der Waals surface area contributed by atoms with E-state index in [0.717, 1.165) is 12.8 Å². The van der Waals surface area contributed by atoms with Crippen LogP contribution in [0.25, 0.3) is 0 Å². The molecule has 1 amide bonds. The third-order valence-corrected chi connectivity index (χ3v) is 3.39. The van der Waals surface area contributed by atoms with Gasteiger partial charge in [-0.3, -0.25) is 4.79 Å². The minimum absolute atomic E-state index is 0.236. The number of hydrogen-bond acceptors (Lipinski definition) is 1. The monoisotopic (exact) mass is 233 g/mol. The number of aryl methyl sites for hydroxylation is 2. The predicted molar refractivity (Wildman–Crippen MR) is 72.0 cm³/mol. The van der Waals surface area contributed by atoms with Gasteiger partial charge in [-0.25, -0.2) is 0 Å². The topological polar surface area (TPSA) is 20.3 Å². The summed E-state index contributed by atoms with van der Waals surface area (Å²) >= 11 is 0. The van der Waals surface area contributed by atoms with E-state index < -0.39 is 0 Å². The molecule has 0 heterocycles. The van der Waals surface area contributed by atoms with E-state index in [1.807, 2.05) is 11.9 Å². The van der Waals surface area contributed by atoms with Gasteiger partial charge in [-0.1, -0.05) is 36.8 Å². The fourth-order valence-electron chi connectivity index (χ4n) is 1.70. The van der Waals surface area contributed by atoms with Gasteiger partial charge in [0, 0.05) is 19.5 Å². The van der Waals surface area contributed by atoms with Gasteiger partial charge in [0.15, 0.2) is 0 Å². The van der Waals surface area contributed by atoms with E-state index in [0.29, 0.717) is 12.5 Å². The smallest absolute Gasteiger partial charge is 0.222 e. The van der Waals surface area contributed by atoms with Crippen LogP contribution >= 0.6 is 0 Å². The molecule has 17 heavy (non-hydrogen) atoms. The van der Waals surface area contributed by atoms with Crippen molar-refractivity contribution in [1.82, 2.24) is 4.90 Å². The summed E-state index contributed by atoms with van der Waals surface area (Å²) in [5.41, 5.74) is 2.50. The first kappa shape index (κ1) is 13.8. The highest BCUT2D eigenvalue weighted by Gasteiger charge is 2.13. The summed E-state index contributed by atoms with van der Waals surface area (Å²) in [6, 6.07) is 8.73. The largest absolute Gasteiger partial charge is 0.343 e. The van der Waals surface area contributed by atoms with Crippen LogP contribution in [0.15, 0.2) is 24.3 Å². The Bertz CT molecular complexity index is 356. The summed E-state index contributed by atoms with van der Waals surface area (Å²) < 4.78 is 0. The van der Waals surface area contributed by atoms with Crippen LogP contribution in [0, 0.1) is 6.92 Å². The number of carbonyl (C=O) groups is 1. The minimum Gasteiger partial charge on any atom is -0.343 e. The first-order valence-corrected chi connectivity index (χ1v) is 6.35. The highest BCUT2D eigenvalue weighted by atomic mass is 16.2. The highest BCUT2D eigenvalue weighted by Crippen LogP contribution is 2.08. The molecule has 0 fully saturated rings. The molecular formula is C15H23NO. The molecule has 0 saturated heterocycles. The Labute approximate surface area is 105 Å². The van der Waals surface area contributed by atoms with Gasteiger partial charge in [-0.2, -0.15) is 0 Å². The number of amides is 1. The maximum Gasteiger partial charge on any atom is 0.222 e. The van der Waals surface area contributed by atoms with Crippen LogP contribution in [0.2, 0.25) is 0 Å². The average molecular weight is 233 g/mol. The SMILES string of the molecule is CCC(C)N(C)C(=O)CCc1ccc(C)cc1. The second-order valence-electron chi connectivity index (χ2n) is 4.75. The van der Waals surface area contributed by atoms with Gasteiger partial charge in [-0.05, 0) is 32.3 Å². The molecule has 1 rings (SSSR count). The van der Waals surface area contributed by atoms with Crippen molar-refractivity contribution in [3.63, 3.8) is 0 Å². The standard InChI is InChI=1S/C15H23NO/c1-5-13(3)16(4)15(17)11-10-14-8-6-12(2)7-9-14/h6-9,13H,5,10-11H2,1-4H3. The third-order valence-electron chi connectivity index (χ3n) is 3.39. The molecule has 1 aromatic rings. The Balaban J connectivity index is 2.45. The van der Waals surface area contributed by atoms with Gasteiger partial charge >= 0.3 is 0 Å². The molecule has 1 atom stereocenters. The molecule has 94 valence electrons. The second-order valence-corrected chi connectivity index (χ2v) is 4.75. The van der Waals surface area contributed by atoms with Crippen molar-refractivity contribution in [2.75, 3.05) is 7.05 Å². The molecule has 2 heteroatoms. The van der Waals surface area contributed by atoms with Crippen molar-refractivity contribution < 1.29 is 4.79 Å². The zero-order valence-electron chi connectivity index (χ0n) is 11.4. The van der Waals surface area contributed by atoms with E-state index >= 15 is 0 Å². The molecule has 0 saturated carbocycles. The Morgan fingerprint density at radius 3 is 2.41 bits per heavy atom. The Hall–Kier alpha value is -1.31. The molecule has 0 aliphatic carbocycles. The first-order chi connectivity index (χ1) is 8.04. The molecule has 0 aliphatic heterocycles. The molecule has 0 aliphatic rings. The summed E-state index contributed by atoms with van der Waals surface area (Å²) in [4.78, 5) is 13.8. The summed E-state index contributed by atoms with van der Waals surface area (Å²) in [5, 5.41) is 0. The van der Waals surface area contributed by atoms with E-state index in [-0.39, 0.29) is 5.91 Å². The lowest BCUT2D eigenvalue weighted by molar-refractivity contribution is -0.131. The number of benzene rings is 1. The molecule has 1 aromatic carbocycles. The van der Waals surface area contributed by atoms with Crippen molar-refractivity contribution in [2.24, 2.45) is 0 Å². The van der Waals surface area contributed by atoms with Crippen LogP contribution in [0.5, 0.6) is 0 Å². The van der Waals surface area contributed by atoms with Crippen LogP contribution in [-0.4, -0.2) is 23.9 Å². The van der Waals surface area contributed by atoms with Gasteiger partial charge in [0.2, 0.25) is 5.91 Å². The van der Waals surface area contributed by atoms with Gasteiger partial charge in [0.05, 0.1) is 0 Å². The number of nitrogens with zero attached hydrogens (tertiary/aromatic N) is 1. The second kappa shape index (κ2) is 6.43. The summed E-state index contributed by atoms with van der Waals surface area (Å²) in [5.74, 6) is 0.236. The summed E-state index contributed by atoms with van der Waals surface area (Å²) in [6.07, 6.45) is 2.44. The van der Waals surface area contributed by atoms with Crippen LogP contribution in [0.3, 0.4) is 0 Å². The van der Waals surface area contributed by atoms with Crippen LogP contribution in [0.1, 0.15) is 37.8 Å². The zero-order valence-corrected chi connectivity index (χ0v) is 11.4. The van der Waals surface area contributed by atoms with Crippen molar-refractivity contribution in [1.29, 1.82) is 0 Å². The molecule has 0 aromatic heterocycles. The Morgan fingerprint density at radius 1 is 1.29 bits per heavy atom. The van der Waals surface area contributed by atoms with E-state index in [1.54, 1.807) is 0 Å². The maximum atomic E-state index is 11.9. The van der Waals surface area contributed by atoms with Gasteiger partial charge in [-0.15, -0.1) is 0 Å². The fourth-order valence-corrected chi connectivity index (χ4v) is 1.70. The van der Waals surface area contributed by atoms with Crippen molar-refractivity contribution in [3.05, 3.63) is 35.4 Å². The highest BCUT2D eigenvalue weighted by molar-refractivity contribution is 5.76. The molecule has 0 N–H and O–H groups in total. The molecule has 0 radical (unpaired) electrons. The summed E-state index contributed by atoms with van der Waals surface area (Å²) in [6.45, 7) is 6.27. The number of rotatable bonds is 5. The van der Waals surface area contributed by atoms with Crippen molar-refractivity contribution in [3.8, 4) is 0 Å². The fraction of sp³-hybridized carbons (Fsp3) is 0.533. The van der Waals surface area contributed by atoms with E-state index in [2.05, 4.69) is 45.0 Å². The van der Waals surface area contributed by atoms with Gasteiger partial charge < -0.3 is 4.90 Å². The van der Waals surface area contributed by atoms with Crippen LogP contribution in [0.4, 0.5) is 0 Å². The van der Waals surface area contributed by atoms with Gasteiger partial charge in [0.1, 0.15) is 0 Å². The molecular weight excluding hydrogens is 210 g/mol. The lowest BCUT2D eigenvalue weighted by atomic mass is 10.1. The normalized spacial score (nSPS) is 12.2. The zero-order chi connectivity index (χ0) is 12.8.